The van der Waals surface area contributed by atoms with Crippen LogP contribution >= 0.6 is 0 Å². The largest absolute Gasteiger partial charge is 0.508 e. The summed E-state index contributed by atoms with van der Waals surface area (Å²) in [5.41, 5.74) is 5.82. The van der Waals surface area contributed by atoms with E-state index in [2.05, 4.69) is 57.2 Å². The lowest BCUT2D eigenvalue weighted by Crippen LogP contribution is -2.42. The van der Waals surface area contributed by atoms with Crippen LogP contribution in [0.2, 0.25) is 0 Å². The number of carbonyl (C=O) groups is 4. The highest BCUT2D eigenvalue weighted by Gasteiger charge is 2.45. The zero-order chi connectivity index (χ0) is 45.2. The molecule has 7 rings (SSSR count). The van der Waals surface area contributed by atoms with E-state index in [0.29, 0.717) is 45.9 Å². The Labute approximate surface area is 361 Å². The molecule has 0 spiro atoms. The molecule has 0 unspecified atom stereocenters. The predicted molar refractivity (Wildman–Crippen MR) is 243 cm³/mol. The van der Waals surface area contributed by atoms with E-state index in [1.54, 1.807) is 60.5 Å². The second kappa shape index (κ2) is 17.4. The molecule has 0 aromatic heterocycles. The number of phenolic OH excluding ortho intramolecular Hbond substituents is 1. The molecule has 61 heavy (non-hydrogen) atoms. The van der Waals surface area contributed by atoms with Crippen molar-refractivity contribution >= 4 is 29.7 Å². The quantitative estimate of drug-likeness (QED) is 0.128. The Morgan fingerprint density at radius 3 is 1.92 bits per heavy atom. The van der Waals surface area contributed by atoms with E-state index in [1.165, 1.54) is 29.9 Å². The molecular formula is C52H60N2O7. The molecule has 1 N–H and O–H groups in total. The van der Waals surface area contributed by atoms with E-state index in [-0.39, 0.29) is 39.0 Å². The van der Waals surface area contributed by atoms with Gasteiger partial charge < -0.3 is 19.5 Å². The second-order valence-corrected chi connectivity index (χ2v) is 18.3. The van der Waals surface area contributed by atoms with Gasteiger partial charge in [-0.25, -0.2) is 4.90 Å². The molecule has 9 nitrogen and oxygen atoms in total. The first-order chi connectivity index (χ1) is 28.6. The number of hydrogen-bond acceptors (Lipinski definition) is 7. The van der Waals surface area contributed by atoms with Gasteiger partial charge in [-0.3, -0.25) is 19.2 Å². The third-order valence-corrected chi connectivity index (χ3v) is 11.6. The monoisotopic (exact) mass is 824 g/mol. The molecule has 0 radical (unpaired) electrons. The standard InChI is InChI=1S/C36H35NO4.C14H19NO3.C2H6/c1-34(2,3)30-18-13-23(19-31(30)38)37-32(39)26-17-16-25(20-27(26)33(37)40)41-24-14-11-22(12-15-24)36(6)21-35(4,5)28-9-7-8-10-29(28)36;1-14(2,3)15(4)13(17)12-8-11(18-5)7-6-10(12)9-16;1-2/h7-20,38H,21H2,1-6H3;6-9H,1-5H3;1-2H3/t36-;;/m1../s1. The van der Waals surface area contributed by atoms with Crippen LogP contribution < -0.4 is 14.4 Å². The van der Waals surface area contributed by atoms with Gasteiger partial charge in [0.15, 0.2) is 6.29 Å². The molecule has 320 valence electrons. The second-order valence-electron chi connectivity index (χ2n) is 18.3. The fourth-order valence-electron chi connectivity index (χ4n) is 8.16. The number of methoxy groups -OCH3 is 1. The number of phenols is 1. The van der Waals surface area contributed by atoms with Crippen LogP contribution in [0.3, 0.4) is 0 Å². The van der Waals surface area contributed by atoms with Gasteiger partial charge >= 0.3 is 0 Å². The average Bonchev–Trinajstić information content (AvgIpc) is 3.60. The van der Waals surface area contributed by atoms with Crippen molar-refractivity contribution in [3.8, 4) is 23.0 Å². The van der Waals surface area contributed by atoms with Crippen LogP contribution in [0.1, 0.15) is 146 Å². The number of benzene rings is 5. The molecule has 2 aliphatic rings. The number of carbonyl (C=O) groups excluding carboxylic acids is 4. The minimum atomic E-state index is -0.441. The van der Waals surface area contributed by atoms with Crippen molar-refractivity contribution in [1.82, 2.24) is 4.90 Å². The Morgan fingerprint density at radius 2 is 1.34 bits per heavy atom. The SMILES string of the molecule is CC.CC(C)(C)c1ccc(N2C(=O)c3ccc(Oc4ccc([C@@]5(C)CC(C)(C)c6ccccc65)cc4)cc3C2=O)cc1O.COc1ccc(C=O)c(C(=O)N(C)C(C)(C)C)c1. The van der Waals surface area contributed by atoms with Gasteiger partial charge in [0.25, 0.3) is 17.7 Å². The van der Waals surface area contributed by atoms with Crippen molar-refractivity contribution in [1.29, 1.82) is 0 Å². The van der Waals surface area contributed by atoms with Gasteiger partial charge in [-0.05, 0) is 115 Å². The Balaban J connectivity index is 0.000000296. The number of aromatic hydroxyl groups is 1. The average molecular weight is 825 g/mol. The van der Waals surface area contributed by atoms with Crippen molar-refractivity contribution in [3.63, 3.8) is 0 Å². The Bertz CT molecular complexity index is 2450. The highest BCUT2D eigenvalue weighted by atomic mass is 16.5. The van der Waals surface area contributed by atoms with Crippen LogP contribution in [-0.2, 0) is 16.2 Å². The third kappa shape index (κ3) is 9.11. The fourth-order valence-corrected chi connectivity index (χ4v) is 8.16. The summed E-state index contributed by atoms with van der Waals surface area (Å²) in [6, 6.07) is 31.6. The first kappa shape index (κ1) is 45.9. The van der Waals surface area contributed by atoms with E-state index >= 15 is 0 Å². The number of hydrogen-bond donors (Lipinski definition) is 1. The lowest BCUT2D eigenvalue weighted by atomic mass is 9.75. The zero-order valence-corrected chi connectivity index (χ0v) is 37.9. The molecule has 0 saturated carbocycles. The van der Waals surface area contributed by atoms with E-state index in [9.17, 15) is 24.3 Å². The zero-order valence-electron chi connectivity index (χ0n) is 37.9. The van der Waals surface area contributed by atoms with E-state index in [1.807, 2.05) is 67.5 Å². The minimum absolute atomic E-state index is 0.0533. The van der Waals surface area contributed by atoms with Crippen molar-refractivity contribution < 1.29 is 33.8 Å². The topological polar surface area (TPSA) is 113 Å². The maximum absolute atomic E-state index is 13.4. The summed E-state index contributed by atoms with van der Waals surface area (Å²) in [4.78, 5) is 52.6. The van der Waals surface area contributed by atoms with Crippen LogP contribution in [-0.4, -0.2) is 53.7 Å². The van der Waals surface area contributed by atoms with Crippen molar-refractivity contribution in [3.05, 3.63) is 148 Å². The summed E-state index contributed by atoms with van der Waals surface area (Å²) in [6.45, 7) is 22.7. The molecule has 0 fully saturated rings. The fraction of sp³-hybridized carbons (Fsp3) is 0.346. The first-order valence-corrected chi connectivity index (χ1v) is 20.8. The maximum atomic E-state index is 13.4. The molecule has 1 aliphatic heterocycles. The van der Waals surface area contributed by atoms with Gasteiger partial charge in [0.1, 0.15) is 23.0 Å². The molecule has 3 amide bonds. The van der Waals surface area contributed by atoms with Crippen molar-refractivity contribution in [2.45, 2.75) is 104 Å². The molecule has 9 heteroatoms. The number of rotatable bonds is 7. The van der Waals surface area contributed by atoms with Gasteiger partial charge in [-0.15, -0.1) is 0 Å². The molecule has 5 aromatic carbocycles. The number of ether oxygens (including phenoxy) is 2. The molecule has 1 heterocycles. The summed E-state index contributed by atoms with van der Waals surface area (Å²) in [5.74, 6) is 0.691. The summed E-state index contributed by atoms with van der Waals surface area (Å²) >= 11 is 0. The van der Waals surface area contributed by atoms with Crippen LogP contribution in [0.4, 0.5) is 5.69 Å². The van der Waals surface area contributed by atoms with E-state index in [4.69, 9.17) is 9.47 Å². The number of aldehydes is 1. The van der Waals surface area contributed by atoms with Crippen LogP contribution in [0, 0.1) is 0 Å². The molecule has 1 atom stereocenters. The number of amides is 3. The smallest absolute Gasteiger partial charge is 0.266 e. The lowest BCUT2D eigenvalue weighted by molar-refractivity contribution is 0.0652. The molecule has 0 saturated heterocycles. The Hall–Kier alpha value is -6.22. The predicted octanol–water partition coefficient (Wildman–Crippen LogP) is 11.7. The van der Waals surface area contributed by atoms with Crippen molar-refractivity contribution in [2.75, 3.05) is 19.1 Å². The van der Waals surface area contributed by atoms with Gasteiger partial charge in [0.05, 0.1) is 29.5 Å². The summed E-state index contributed by atoms with van der Waals surface area (Å²) < 4.78 is 11.2. The van der Waals surface area contributed by atoms with Crippen molar-refractivity contribution in [2.24, 2.45) is 0 Å². The highest BCUT2D eigenvalue weighted by Crippen LogP contribution is 2.52. The van der Waals surface area contributed by atoms with E-state index < -0.39 is 11.8 Å². The Kier molecular flexibility index (Phi) is 13.1. The summed E-state index contributed by atoms with van der Waals surface area (Å²) in [6.07, 6.45) is 1.71. The third-order valence-electron chi connectivity index (χ3n) is 11.6. The normalized spacial score (nSPS) is 16.3. The van der Waals surface area contributed by atoms with Gasteiger partial charge in [-0.2, -0.15) is 0 Å². The Morgan fingerprint density at radius 1 is 0.754 bits per heavy atom. The van der Waals surface area contributed by atoms with Crippen LogP contribution in [0.25, 0.3) is 0 Å². The molecule has 1 aliphatic carbocycles. The number of fused-ring (bicyclic) bond motifs is 2. The maximum Gasteiger partial charge on any atom is 0.266 e. The number of anilines is 1. The van der Waals surface area contributed by atoms with E-state index in [0.717, 1.165) is 16.9 Å². The summed E-state index contributed by atoms with van der Waals surface area (Å²) in [7, 11) is 3.24. The molecular weight excluding hydrogens is 765 g/mol. The number of nitrogens with zero attached hydrogens (tertiary/aromatic N) is 2. The molecule has 5 aromatic rings. The van der Waals surface area contributed by atoms with Crippen LogP contribution in [0.5, 0.6) is 23.0 Å². The van der Waals surface area contributed by atoms with Crippen LogP contribution in [0.15, 0.2) is 103 Å². The highest BCUT2D eigenvalue weighted by molar-refractivity contribution is 6.34. The first-order valence-electron chi connectivity index (χ1n) is 20.8. The minimum Gasteiger partial charge on any atom is -0.508 e. The van der Waals surface area contributed by atoms with Gasteiger partial charge in [0, 0.05) is 29.6 Å². The number of imide groups is 1. The van der Waals surface area contributed by atoms with Gasteiger partial charge in [0.2, 0.25) is 0 Å². The lowest BCUT2D eigenvalue weighted by Gasteiger charge is -2.32. The summed E-state index contributed by atoms with van der Waals surface area (Å²) in [5, 5.41) is 10.6. The molecule has 0 bridgehead atoms. The van der Waals surface area contributed by atoms with Gasteiger partial charge in [-0.1, -0.05) is 97.9 Å².